The molecule has 0 rings (SSSR count). The third-order valence-corrected chi connectivity index (χ3v) is 10.9. The van der Waals surface area contributed by atoms with E-state index >= 15 is 0 Å². The number of nitrogens with one attached hydrogen (secondary N) is 1. The minimum absolute atomic E-state index is 0.00512. The van der Waals surface area contributed by atoms with E-state index in [0.717, 1.165) is 77.0 Å². The van der Waals surface area contributed by atoms with Crippen molar-refractivity contribution in [3.05, 3.63) is 60.8 Å². The van der Waals surface area contributed by atoms with Gasteiger partial charge in [-0.05, 0) is 57.8 Å². The molecule has 0 aromatic rings. The van der Waals surface area contributed by atoms with Gasteiger partial charge in [0.15, 0.2) is 0 Å². The highest BCUT2D eigenvalue weighted by molar-refractivity contribution is 7.45. The lowest BCUT2D eigenvalue weighted by Gasteiger charge is -2.29. The molecule has 0 spiro atoms. The standard InChI is InChI=1S/C48H89N2O6P/c1-6-8-10-12-14-16-18-20-22-23-24-25-26-27-28-30-32-34-36-38-40-42-48(52)49-46(45-56-57(53,54)55-44-43-50(3,4)5)47(51)41-39-37-35-33-31-29-21-19-17-15-13-11-9-7-2/h8,10,14,16,20,22,24-25,39,41,46-47,51H,6-7,9,11-13,15,17-19,21,23,26-38,40,42-45H2,1-5H3,(H-,49,52,53,54)/b10-8-,16-14-,22-20-,25-24-,41-39+. The van der Waals surface area contributed by atoms with Crippen LogP contribution in [0.4, 0.5) is 0 Å². The number of allylic oxidation sites excluding steroid dienone is 9. The maximum Gasteiger partial charge on any atom is 0.268 e. The molecule has 9 heteroatoms. The highest BCUT2D eigenvalue weighted by Crippen LogP contribution is 2.38. The number of amides is 1. The van der Waals surface area contributed by atoms with Crippen molar-refractivity contribution in [2.45, 2.75) is 199 Å². The number of hydrogen-bond donors (Lipinski definition) is 2. The SMILES string of the molecule is CC/C=C\C/C=C\C/C=C\C/C=C\CCCCCCCCCCC(=O)NC(COP(=O)([O-])OCC[N+](C)(C)C)C(O)/C=C/CCCCCCCCCCCCCC. The molecule has 0 bridgehead atoms. The molecule has 2 N–H and O–H groups in total. The van der Waals surface area contributed by atoms with Gasteiger partial charge in [0, 0.05) is 6.42 Å². The van der Waals surface area contributed by atoms with Gasteiger partial charge >= 0.3 is 0 Å². The number of aliphatic hydroxyl groups is 1. The van der Waals surface area contributed by atoms with Crippen molar-refractivity contribution >= 4 is 13.7 Å². The smallest absolute Gasteiger partial charge is 0.268 e. The number of phosphoric acid groups is 1. The van der Waals surface area contributed by atoms with Crippen molar-refractivity contribution in [2.24, 2.45) is 0 Å². The molecule has 0 aliphatic carbocycles. The average Bonchev–Trinajstić information content (AvgIpc) is 3.16. The summed E-state index contributed by atoms with van der Waals surface area (Å²) in [6.07, 6.45) is 51.2. The summed E-state index contributed by atoms with van der Waals surface area (Å²) < 4.78 is 23.2. The van der Waals surface area contributed by atoms with Crippen LogP contribution in [0.2, 0.25) is 0 Å². The second-order valence-corrected chi connectivity index (χ2v) is 18.1. The van der Waals surface area contributed by atoms with E-state index in [-0.39, 0.29) is 19.1 Å². The Morgan fingerprint density at radius 3 is 1.56 bits per heavy atom. The number of carbonyl (C=O) groups is 1. The summed E-state index contributed by atoms with van der Waals surface area (Å²) in [6.45, 7) is 4.51. The molecule has 0 saturated carbocycles. The largest absolute Gasteiger partial charge is 0.756 e. The van der Waals surface area contributed by atoms with Gasteiger partial charge in [0.1, 0.15) is 13.2 Å². The van der Waals surface area contributed by atoms with E-state index in [2.05, 4.69) is 67.8 Å². The fraction of sp³-hybridized carbons (Fsp3) is 0.771. The zero-order valence-corrected chi connectivity index (χ0v) is 38.4. The zero-order chi connectivity index (χ0) is 42.1. The van der Waals surface area contributed by atoms with Crippen LogP contribution in [0.25, 0.3) is 0 Å². The highest BCUT2D eigenvalue weighted by Gasteiger charge is 2.23. The molecule has 3 unspecified atom stereocenters. The van der Waals surface area contributed by atoms with Gasteiger partial charge in [-0.25, -0.2) is 0 Å². The average molecular weight is 821 g/mol. The third-order valence-electron chi connectivity index (χ3n) is 9.98. The predicted octanol–water partition coefficient (Wildman–Crippen LogP) is 12.4. The summed E-state index contributed by atoms with van der Waals surface area (Å²) in [4.78, 5) is 25.3. The monoisotopic (exact) mass is 821 g/mol. The molecule has 0 heterocycles. The lowest BCUT2D eigenvalue weighted by atomic mass is 10.0. The Hall–Kier alpha value is -1.80. The Morgan fingerprint density at radius 1 is 0.632 bits per heavy atom. The van der Waals surface area contributed by atoms with Gasteiger partial charge in [0.2, 0.25) is 5.91 Å². The summed E-state index contributed by atoms with van der Waals surface area (Å²) in [5.74, 6) is -0.209. The van der Waals surface area contributed by atoms with Crippen molar-refractivity contribution in [3.8, 4) is 0 Å². The Balaban J connectivity index is 4.39. The van der Waals surface area contributed by atoms with E-state index in [1.54, 1.807) is 6.08 Å². The van der Waals surface area contributed by atoms with Gasteiger partial charge in [-0.1, -0.05) is 184 Å². The van der Waals surface area contributed by atoms with Crippen molar-refractivity contribution in [1.29, 1.82) is 0 Å². The summed E-state index contributed by atoms with van der Waals surface area (Å²) in [5, 5.41) is 13.8. The molecular formula is C48H89N2O6P. The van der Waals surface area contributed by atoms with Crippen LogP contribution in [0.15, 0.2) is 60.8 Å². The fourth-order valence-corrected chi connectivity index (χ4v) is 7.04. The van der Waals surface area contributed by atoms with E-state index in [9.17, 15) is 19.4 Å². The summed E-state index contributed by atoms with van der Waals surface area (Å²) in [7, 11) is 1.25. The number of phosphoric ester groups is 1. The number of hydrogen-bond acceptors (Lipinski definition) is 6. The molecule has 57 heavy (non-hydrogen) atoms. The van der Waals surface area contributed by atoms with Crippen LogP contribution in [0.5, 0.6) is 0 Å². The molecular weight excluding hydrogens is 732 g/mol. The topological polar surface area (TPSA) is 108 Å². The van der Waals surface area contributed by atoms with Crippen LogP contribution >= 0.6 is 7.82 Å². The highest BCUT2D eigenvalue weighted by atomic mass is 31.2. The van der Waals surface area contributed by atoms with Gasteiger partial charge in [0.05, 0.1) is 39.9 Å². The van der Waals surface area contributed by atoms with Gasteiger partial charge in [-0.15, -0.1) is 0 Å². The van der Waals surface area contributed by atoms with E-state index in [0.29, 0.717) is 17.4 Å². The van der Waals surface area contributed by atoms with E-state index in [4.69, 9.17) is 9.05 Å². The van der Waals surface area contributed by atoms with Gasteiger partial charge in [0.25, 0.3) is 7.82 Å². The molecule has 0 radical (unpaired) electrons. The first kappa shape index (κ1) is 55.2. The second kappa shape index (κ2) is 39.6. The van der Waals surface area contributed by atoms with E-state index in [1.807, 2.05) is 27.2 Å². The van der Waals surface area contributed by atoms with E-state index < -0.39 is 20.0 Å². The first-order valence-electron chi connectivity index (χ1n) is 23.2. The van der Waals surface area contributed by atoms with Crippen LogP contribution < -0.4 is 10.2 Å². The minimum atomic E-state index is -4.59. The number of likely N-dealkylation sites (N-methyl/N-ethyl adjacent to an activating group) is 1. The Labute approximate surface area is 351 Å². The molecule has 0 fully saturated rings. The van der Waals surface area contributed by atoms with Crippen LogP contribution in [0.1, 0.15) is 187 Å². The second-order valence-electron chi connectivity index (χ2n) is 16.7. The summed E-state index contributed by atoms with van der Waals surface area (Å²) in [5.41, 5.74) is 0. The van der Waals surface area contributed by atoms with Crippen LogP contribution in [-0.2, 0) is 18.4 Å². The Kier molecular flexibility index (Phi) is 38.4. The van der Waals surface area contributed by atoms with Gasteiger partial charge in [-0.3, -0.25) is 9.36 Å². The van der Waals surface area contributed by atoms with Crippen LogP contribution in [-0.4, -0.2) is 68.5 Å². The number of aliphatic hydroxyl groups excluding tert-OH is 1. The first-order valence-corrected chi connectivity index (χ1v) is 24.6. The Bertz CT molecular complexity index is 1110. The normalized spacial score (nSPS) is 14.9. The summed E-state index contributed by atoms with van der Waals surface area (Å²) in [6, 6.07) is -0.892. The lowest BCUT2D eigenvalue weighted by Crippen LogP contribution is -2.45. The molecule has 0 aromatic heterocycles. The number of carbonyl (C=O) groups excluding carboxylic acids is 1. The van der Waals surface area contributed by atoms with Gasteiger partial charge in [-0.2, -0.15) is 0 Å². The maximum absolute atomic E-state index is 12.9. The molecule has 0 saturated heterocycles. The zero-order valence-electron chi connectivity index (χ0n) is 37.5. The van der Waals surface area contributed by atoms with Crippen LogP contribution in [0, 0.1) is 0 Å². The quantitative estimate of drug-likeness (QED) is 0.0275. The minimum Gasteiger partial charge on any atom is -0.756 e. The van der Waals surface area contributed by atoms with Crippen molar-refractivity contribution in [3.63, 3.8) is 0 Å². The number of rotatable bonds is 41. The third kappa shape index (κ3) is 42.1. The molecule has 1 amide bonds. The molecule has 332 valence electrons. The first-order chi connectivity index (χ1) is 27.5. The van der Waals surface area contributed by atoms with Crippen LogP contribution in [0.3, 0.4) is 0 Å². The number of nitrogens with zero attached hydrogens (tertiary/aromatic N) is 1. The summed E-state index contributed by atoms with van der Waals surface area (Å²) >= 11 is 0. The predicted molar refractivity (Wildman–Crippen MR) is 242 cm³/mol. The number of unbranched alkanes of at least 4 members (excludes halogenated alkanes) is 20. The molecule has 0 aliphatic heterocycles. The maximum atomic E-state index is 12.9. The molecule has 8 nitrogen and oxygen atoms in total. The van der Waals surface area contributed by atoms with Gasteiger partial charge < -0.3 is 28.8 Å². The van der Waals surface area contributed by atoms with E-state index in [1.165, 1.54) is 89.9 Å². The van der Waals surface area contributed by atoms with Crippen molar-refractivity contribution in [2.75, 3.05) is 40.9 Å². The molecule has 3 atom stereocenters. The molecule has 0 aliphatic rings. The molecule has 0 aromatic carbocycles. The number of quaternary nitrogens is 1. The Morgan fingerprint density at radius 2 is 1.07 bits per heavy atom. The van der Waals surface area contributed by atoms with Crippen molar-refractivity contribution < 1.29 is 32.9 Å². The van der Waals surface area contributed by atoms with Crippen molar-refractivity contribution in [1.82, 2.24) is 5.32 Å². The lowest BCUT2D eigenvalue weighted by molar-refractivity contribution is -0.870. The fourth-order valence-electron chi connectivity index (χ4n) is 6.32.